The van der Waals surface area contributed by atoms with Crippen molar-refractivity contribution in [1.29, 1.82) is 0 Å². The highest BCUT2D eigenvalue weighted by molar-refractivity contribution is 5.85. The summed E-state index contributed by atoms with van der Waals surface area (Å²) in [4.78, 5) is 0. The molecule has 3 nitrogen and oxygen atoms in total. The van der Waals surface area contributed by atoms with E-state index in [1.807, 2.05) is 6.07 Å². The Balaban J connectivity index is 0.000001000. The normalized spacial score (nSPS) is 8.82. The summed E-state index contributed by atoms with van der Waals surface area (Å²) in [7, 11) is 0. The van der Waals surface area contributed by atoms with Gasteiger partial charge in [0.05, 0.1) is 6.20 Å². The second kappa shape index (κ2) is 6.04. The molecule has 0 saturated carbocycles. The molecule has 1 aromatic heterocycles. The summed E-state index contributed by atoms with van der Waals surface area (Å²) in [5.74, 6) is 1.01. The molecule has 0 aliphatic rings. The molecule has 0 spiro atoms. The molecule has 2 N–H and O–H groups in total. The number of aromatic amines is 1. The Bertz CT molecular complexity index is 162. The third-order valence-electron chi connectivity index (χ3n) is 1.35. The molecule has 4 heteroatoms. The summed E-state index contributed by atoms with van der Waals surface area (Å²) in [5.41, 5.74) is 0. The number of aromatic nitrogens is 2. The maximum Gasteiger partial charge on any atom is 0.121 e. The third-order valence-corrected chi connectivity index (χ3v) is 1.35. The Hall–Kier alpha value is -0.700. The molecule has 0 aliphatic carbocycles. The van der Waals surface area contributed by atoms with E-state index in [4.69, 9.17) is 0 Å². The molecule has 0 fully saturated rings. The summed E-state index contributed by atoms with van der Waals surface area (Å²) >= 11 is 0. The van der Waals surface area contributed by atoms with Gasteiger partial charge in [-0.3, -0.25) is 5.10 Å². The minimum Gasteiger partial charge on any atom is -0.370 e. The molecule has 0 amide bonds. The molecule has 11 heavy (non-hydrogen) atoms. The van der Waals surface area contributed by atoms with E-state index in [0.29, 0.717) is 0 Å². The molecule has 0 bridgehead atoms. The molecular formula is C7H14ClN3. The average Bonchev–Trinajstić information content (AvgIpc) is 2.41. The van der Waals surface area contributed by atoms with Crippen molar-refractivity contribution in [3.63, 3.8) is 0 Å². The predicted molar refractivity (Wildman–Crippen MR) is 49.2 cm³/mol. The number of nitrogens with zero attached hydrogens (tertiary/aromatic N) is 1. The molecule has 1 rings (SSSR count). The van der Waals surface area contributed by atoms with Crippen LogP contribution in [0.1, 0.15) is 19.8 Å². The lowest BCUT2D eigenvalue weighted by molar-refractivity contribution is 0.830. The number of hydrogen-bond acceptors (Lipinski definition) is 2. The van der Waals surface area contributed by atoms with Gasteiger partial charge in [0.1, 0.15) is 5.82 Å². The molecule has 1 heterocycles. The first-order valence-corrected chi connectivity index (χ1v) is 3.66. The maximum atomic E-state index is 3.81. The first-order valence-electron chi connectivity index (χ1n) is 3.66. The first-order chi connectivity index (χ1) is 4.93. The van der Waals surface area contributed by atoms with Crippen LogP contribution in [0.4, 0.5) is 5.82 Å². The average molecular weight is 176 g/mol. The van der Waals surface area contributed by atoms with Gasteiger partial charge in [0.15, 0.2) is 0 Å². The fourth-order valence-corrected chi connectivity index (χ4v) is 0.754. The van der Waals surface area contributed by atoms with Crippen LogP contribution < -0.4 is 5.32 Å². The molecule has 0 unspecified atom stereocenters. The van der Waals surface area contributed by atoms with Crippen LogP contribution >= 0.6 is 12.4 Å². The van der Waals surface area contributed by atoms with Gasteiger partial charge in [-0.1, -0.05) is 13.3 Å². The molecule has 0 saturated heterocycles. The van der Waals surface area contributed by atoms with Crippen molar-refractivity contribution in [3.05, 3.63) is 12.3 Å². The van der Waals surface area contributed by atoms with Crippen LogP contribution in [0.15, 0.2) is 12.3 Å². The highest BCUT2D eigenvalue weighted by Gasteiger charge is 1.88. The molecular weight excluding hydrogens is 162 g/mol. The lowest BCUT2D eigenvalue weighted by atomic mass is 10.3. The van der Waals surface area contributed by atoms with Gasteiger partial charge in [-0.05, 0) is 12.5 Å². The van der Waals surface area contributed by atoms with Gasteiger partial charge in [-0.2, -0.15) is 5.10 Å². The van der Waals surface area contributed by atoms with Crippen LogP contribution in [0, 0.1) is 0 Å². The topological polar surface area (TPSA) is 40.7 Å². The lowest BCUT2D eigenvalue weighted by Crippen LogP contribution is -2.00. The summed E-state index contributed by atoms with van der Waals surface area (Å²) < 4.78 is 0. The predicted octanol–water partition coefficient (Wildman–Crippen LogP) is 2.04. The van der Waals surface area contributed by atoms with E-state index in [9.17, 15) is 0 Å². The molecule has 0 atom stereocenters. The second-order valence-corrected chi connectivity index (χ2v) is 2.25. The zero-order valence-electron chi connectivity index (χ0n) is 6.63. The Labute approximate surface area is 73.0 Å². The van der Waals surface area contributed by atoms with E-state index in [0.717, 1.165) is 12.4 Å². The zero-order valence-corrected chi connectivity index (χ0v) is 7.45. The van der Waals surface area contributed by atoms with Crippen molar-refractivity contribution in [2.75, 3.05) is 11.9 Å². The third kappa shape index (κ3) is 3.88. The van der Waals surface area contributed by atoms with Gasteiger partial charge in [-0.25, -0.2) is 0 Å². The summed E-state index contributed by atoms with van der Waals surface area (Å²) in [6.45, 7) is 3.20. The van der Waals surface area contributed by atoms with E-state index in [1.54, 1.807) is 6.20 Å². The Morgan fingerprint density at radius 2 is 2.45 bits per heavy atom. The van der Waals surface area contributed by atoms with Gasteiger partial charge >= 0.3 is 0 Å². The molecule has 0 radical (unpaired) electrons. The van der Waals surface area contributed by atoms with E-state index < -0.39 is 0 Å². The minimum atomic E-state index is 0. The number of H-pyrrole nitrogens is 1. The Kier molecular flexibility index (Phi) is 5.65. The van der Waals surface area contributed by atoms with Gasteiger partial charge in [0, 0.05) is 6.54 Å². The van der Waals surface area contributed by atoms with Gasteiger partial charge in [-0.15, -0.1) is 12.4 Å². The Morgan fingerprint density at radius 3 is 3.00 bits per heavy atom. The van der Waals surface area contributed by atoms with Crippen molar-refractivity contribution in [1.82, 2.24) is 10.2 Å². The number of anilines is 1. The van der Waals surface area contributed by atoms with Crippen LogP contribution in [-0.2, 0) is 0 Å². The van der Waals surface area contributed by atoms with E-state index in [-0.39, 0.29) is 12.4 Å². The first kappa shape index (κ1) is 10.3. The van der Waals surface area contributed by atoms with Crippen LogP contribution in [0.3, 0.4) is 0 Å². The smallest absolute Gasteiger partial charge is 0.121 e. The lowest BCUT2D eigenvalue weighted by Gasteiger charge is -1.99. The second-order valence-electron chi connectivity index (χ2n) is 2.25. The van der Waals surface area contributed by atoms with E-state index >= 15 is 0 Å². The van der Waals surface area contributed by atoms with Gasteiger partial charge in [0.2, 0.25) is 0 Å². The quantitative estimate of drug-likeness (QED) is 0.688. The fraction of sp³-hybridized carbons (Fsp3) is 0.571. The molecule has 0 aromatic carbocycles. The zero-order chi connectivity index (χ0) is 7.23. The van der Waals surface area contributed by atoms with Crippen molar-refractivity contribution in [2.24, 2.45) is 0 Å². The van der Waals surface area contributed by atoms with Crippen LogP contribution in [0.25, 0.3) is 0 Å². The van der Waals surface area contributed by atoms with Gasteiger partial charge < -0.3 is 5.32 Å². The van der Waals surface area contributed by atoms with Crippen molar-refractivity contribution >= 4 is 18.2 Å². The number of hydrogen-bond donors (Lipinski definition) is 2. The summed E-state index contributed by atoms with van der Waals surface area (Å²) in [6.07, 6.45) is 4.18. The van der Waals surface area contributed by atoms with Crippen LogP contribution in [-0.4, -0.2) is 16.7 Å². The highest BCUT2D eigenvalue weighted by Crippen LogP contribution is 1.98. The van der Waals surface area contributed by atoms with Crippen molar-refractivity contribution in [3.8, 4) is 0 Å². The summed E-state index contributed by atoms with van der Waals surface area (Å²) in [5, 5.41) is 9.86. The molecule has 0 aliphatic heterocycles. The molecule has 64 valence electrons. The number of halogens is 1. The highest BCUT2D eigenvalue weighted by atomic mass is 35.5. The van der Waals surface area contributed by atoms with E-state index in [2.05, 4.69) is 22.4 Å². The Morgan fingerprint density at radius 1 is 1.64 bits per heavy atom. The number of nitrogens with one attached hydrogen (secondary N) is 2. The maximum absolute atomic E-state index is 3.81. The standard InChI is InChI=1S/C7H13N3.ClH/c1-2-3-5-8-7-4-6-9-10-7;/h4,6H,2-3,5H2,1H3,(H2,8,9,10);1H. The van der Waals surface area contributed by atoms with Crippen LogP contribution in [0.2, 0.25) is 0 Å². The van der Waals surface area contributed by atoms with Crippen molar-refractivity contribution < 1.29 is 0 Å². The van der Waals surface area contributed by atoms with Crippen LogP contribution in [0.5, 0.6) is 0 Å². The van der Waals surface area contributed by atoms with Gasteiger partial charge in [0.25, 0.3) is 0 Å². The minimum absolute atomic E-state index is 0. The van der Waals surface area contributed by atoms with Crippen molar-refractivity contribution in [2.45, 2.75) is 19.8 Å². The fourth-order valence-electron chi connectivity index (χ4n) is 0.754. The number of unbranched alkanes of at least 4 members (excludes halogenated alkanes) is 1. The monoisotopic (exact) mass is 175 g/mol. The number of rotatable bonds is 4. The SMILES string of the molecule is CCCCNc1ccn[nH]1.Cl. The van der Waals surface area contributed by atoms with E-state index in [1.165, 1.54) is 12.8 Å². The summed E-state index contributed by atoms with van der Waals surface area (Å²) in [6, 6.07) is 1.93. The largest absolute Gasteiger partial charge is 0.370 e. The molecule has 1 aromatic rings.